The van der Waals surface area contributed by atoms with Crippen LogP contribution in [0.5, 0.6) is 5.75 Å². The number of rotatable bonds is 20. The molecule has 0 fully saturated rings. The van der Waals surface area contributed by atoms with E-state index in [1.807, 2.05) is 35.2 Å². The summed E-state index contributed by atoms with van der Waals surface area (Å²) in [6, 6.07) is 14.2. The van der Waals surface area contributed by atoms with Crippen LogP contribution in [0, 0.1) is 0 Å². The molecule has 0 aliphatic heterocycles. The van der Waals surface area contributed by atoms with E-state index in [2.05, 4.69) is 40.7 Å². The summed E-state index contributed by atoms with van der Waals surface area (Å²) in [7, 11) is 0. The summed E-state index contributed by atoms with van der Waals surface area (Å²) in [5, 5.41) is 2.71. The van der Waals surface area contributed by atoms with E-state index in [9.17, 15) is 4.79 Å². The van der Waals surface area contributed by atoms with Crippen LogP contribution in [-0.2, 0) is 17.8 Å². The van der Waals surface area contributed by atoms with Crippen LogP contribution in [0.4, 0.5) is 5.69 Å². The molecular formula is C34H48BrClN2O2S. The lowest BCUT2D eigenvalue weighted by Gasteiger charge is -2.22. The molecule has 0 atom stereocenters. The van der Waals surface area contributed by atoms with E-state index in [-0.39, 0.29) is 22.9 Å². The zero-order valence-corrected chi connectivity index (χ0v) is 28.1. The number of carbonyl (C=O) groups excluding carboxylic acids is 1. The predicted molar refractivity (Wildman–Crippen MR) is 170 cm³/mol. The first kappa shape index (κ1) is 35.3. The Morgan fingerprint density at radius 2 is 1.59 bits per heavy atom. The van der Waals surface area contributed by atoms with Crippen LogP contribution in [0.2, 0.25) is 5.02 Å². The molecule has 1 amide bonds. The molecule has 0 bridgehead atoms. The van der Waals surface area contributed by atoms with Crippen LogP contribution in [0.15, 0.2) is 59.6 Å². The van der Waals surface area contributed by atoms with Gasteiger partial charge in [-0.2, -0.15) is 4.57 Å². The first-order valence-electron chi connectivity index (χ1n) is 15.3. The lowest BCUT2D eigenvalue weighted by Crippen LogP contribution is -3.00. The summed E-state index contributed by atoms with van der Waals surface area (Å²) >= 11 is 8.12. The monoisotopic (exact) mass is 662 g/mol. The van der Waals surface area contributed by atoms with Crippen LogP contribution in [0.1, 0.15) is 102 Å². The molecule has 0 aliphatic rings. The standard InChI is InChI=1S/C34H48ClN2O2S.BrH/c1-3-4-5-6-7-8-9-10-11-12-13-14-23-39-34-26-30(18-19-33(34)35)20-21-37(29(2)38)32-17-15-16-31(25-32)27-36-22-24-40-28-36;/h15-19,22,24-26,28H,3-14,20-21,23,27H2,1-2H3;1H/q+1;/p-1. The first-order chi connectivity index (χ1) is 19.6. The van der Waals surface area contributed by atoms with Crippen LogP contribution in [-0.4, -0.2) is 19.1 Å². The number of aromatic nitrogens is 1. The highest BCUT2D eigenvalue weighted by atomic mass is 79.9. The Labute approximate surface area is 267 Å². The van der Waals surface area contributed by atoms with Crippen molar-refractivity contribution in [1.82, 2.24) is 0 Å². The maximum absolute atomic E-state index is 12.5. The highest BCUT2D eigenvalue weighted by Gasteiger charge is 2.14. The van der Waals surface area contributed by atoms with E-state index < -0.39 is 0 Å². The van der Waals surface area contributed by atoms with Gasteiger partial charge in [0.25, 0.3) is 0 Å². The number of nitrogens with zero attached hydrogens (tertiary/aromatic N) is 2. The third-order valence-corrected chi connectivity index (χ3v) is 8.35. The Morgan fingerprint density at radius 3 is 2.22 bits per heavy atom. The van der Waals surface area contributed by atoms with Gasteiger partial charge in [-0.05, 0) is 42.7 Å². The maximum atomic E-state index is 12.5. The van der Waals surface area contributed by atoms with Crippen molar-refractivity contribution < 1.29 is 31.1 Å². The molecular weight excluding hydrogens is 616 g/mol. The molecule has 3 aromatic rings. The number of hydrogen-bond acceptors (Lipinski definition) is 3. The Morgan fingerprint density at radius 1 is 0.902 bits per heavy atom. The molecule has 0 N–H and O–H groups in total. The summed E-state index contributed by atoms with van der Waals surface area (Å²) < 4.78 is 8.21. The van der Waals surface area contributed by atoms with Crippen molar-refractivity contribution in [2.24, 2.45) is 0 Å². The fourth-order valence-corrected chi connectivity index (χ4v) is 5.80. The summed E-state index contributed by atoms with van der Waals surface area (Å²) in [5.74, 6) is 0.782. The van der Waals surface area contributed by atoms with Gasteiger partial charge in [-0.15, -0.1) is 0 Å². The van der Waals surface area contributed by atoms with Crippen molar-refractivity contribution in [3.63, 3.8) is 0 Å². The molecule has 0 unspecified atom stereocenters. The topological polar surface area (TPSA) is 33.4 Å². The minimum Gasteiger partial charge on any atom is -1.00 e. The van der Waals surface area contributed by atoms with Gasteiger partial charge in [-0.3, -0.25) is 4.79 Å². The zero-order chi connectivity index (χ0) is 28.4. The normalized spacial score (nSPS) is 10.8. The molecule has 0 aliphatic carbocycles. The number of halogens is 2. The lowest BCUT2D eigenvalue weighted by molar-refractivity contribution is -0.683. The second-order valence-electron chi connectivity index (χ2n) is 10.8. The van der Waals surface area contributed by atoms with Crippen molar-refractivity contribution in [3.8, 4) is 5.75 Å². The second-order valence-corrected chi connectivity index (χ2v) is 12.0. The van der Waals surface area contributed by atoms with Gasteiger partial charge in [0.05, 0.1) is 17.0 Å². The highest BCUT2D eigenvalue weighted by molar-refractivity contribution is 7.07. The Balaban J connectivity index is 0.00000588. The highest BCUT2D eigenvalue weighted by Crippen LogP contribution is 2.27. The van der Waals surface area contributed by atoms with E-state index in [1.54, 1.807) is 18.3 Å². The number of ether oxygens (including phenoxy) is 1. The van der Waals surface area contributed by atoms with Crippen molar-refractivity contribution in [3.05, 3.63) is 75.7 Å². The average molecular weight is 664 g/mol. The van der Waals surface area contributed by atoms with E-state index in [0.29, 0.717) is 18.2 Å². The average Bonchev–Trinajstić information content (AvgIpc) is 3.46. The van der Waals surface area contributed by atoms with Crippen LogP contribution in [0.25, 0.3) is 0 Å². The Kier molecular flexibility index (Phi) is 18.0. The fourth-order valence-electron chi connectivity index (χ4n) is 5.03. The van der Waals surface area contributed by atoms with Crippen molar-refractivity contribution in [1.29, 1.82) is 0 Å². The number of anilines is 1. The molecule has 0 radical (unpaired) electrons. The minimum atomic E-state index is 0. The van der Waals surface area contributed by atoms with E-state index in [4.69, 9.17) is 16.3 Å². The Bertz CT molecular complexity index is 1130. The summed E-state index contributed by atoms with van der Waals surface area (Å²) in [4.78, 5) is 14.4. The second kappa shape index (κ2) is 20.9. The van der Waals surface area contributed by atoms with Gasteiger partial charge in [0.15, 0.2) is 12.7 Å². The number of thiazole rings is 1. The molecule has 0 saturated heterocycles. The van der Waals surface area contributed by atoms with Crippen LogP contribution >= 0.6 is 22.9 Å². The van der Waals surface area contributed by atoms with E-state index in [0.717, 1.165) is 36.4 Å². The summed E-state index contributed by atoms with van der Waals surface area (Å²) in [5.41, 5.74) is 5.31. The lowest BCUT2D eigenvalue weighted by atomic mass is 10.1. The van der Waals surface area contributed by atoms with Crippen molar-refractivity contribution >= 4 is 34.5 Å². The number of amides is 1. The molecule has 0 saturated carbocycles. The largest absolute Gasteiger partial charge is 1.00 e. The van der Waals surface area contributed by atoms with E-state index in [1.165, 1.54) is 76.2 Å². The van der Waals surface area contributed by atoms with Crippen molar-refractivity contribution in [2.75, 3.05) is 18.1 Å². The first-order valence-corrected chi connectivity index (χ1v) is 16.6. The fraction of sp³-hybridized carbons (Fsp3) is 0.529. The van der Waals surface area contributed by atoms with Gasteiger partial charge in [-0.25, -0.2) is 0 Å². The van der Waals surface area contributed by atoms with Gasteiger partial charge >= 0.3 is 0 Å². The number of benzene rings is 2. The molecule has 3 rings (SSSR count). The molecule has 2 aromatic carbocycles. The third kappa shape index (κ3) is 13.8. The smallest absolute Gasteiger partial charge is 0.224 e. The van der Waals surface area contributed by atoms with Gasteiger partial charge < -0.3 is 26.6 Å². The summed E-state index contributed by atoms with van der Waals surface area (Å²) in [6.07, 6.45) is 18.7. The molecule has 0 spiro atoms. The van der Waals surface area contributed by atoms with Crippen molar-refractivity contribution in [2.45, 2.75) is 104 Å². The third-order valence-electron chi connectivity index (χ3n) is 7.37. The minimum absolute atomic E-state index is 0. The molecule has 1 aromatic heterocycles. The number of hydrogen-bond donors (Lipinski definition) is 0. The molecule has 226 valence electrons. The summed E-state index contributed by atoms with van der Waals surface area (Å²) in [6.45, 7) is 5.99. The van der Waals surface area contributed by atoms with E-state index >= 15 is 0 Å². The maximum Gasteiger partial charge on any atom is 0.224 e. The number of carbonyl (C=O) groups is 1. The van der Waals surface area contributed by atoms with Crippen LogP contribution < -0.4 is 31.2 Å². The van der Waals surface area contributed by atoms with Gasteiger partial charge in [-0.1, -0.05) is 119 Å². The quantitative estimate of drug-likeness (QED) is 0.103. The van der Waals surface area contributed by atoms with Gasteiger partial charge in [0.2, 0.25) is 11.4 Å². The molecule has 7 heteroatoms. The zero-order valence-electron chi connectivity index (χ0n) is 25.0. The van der Waals surface area contributed by atoms with Gasteiger partial charge in [0.1, 0.15) is 5.75 Å². The molecule has 4 nitrogen and oxygen atoms in total. The Hall–Kier alpha value is -1.89. The molecule has 41 heavy (non-hydrogen) atoms. The van der Waals surface area contributed by atoms with Crippen LogP contribution in [0.3, 0.4) is 0 Å². The predicted octanol–water partition coefficient (Wildman–Crippen LogP) is 6.42. The number of unbranched alkanes of at least 4 members (excludes halogenated alkanes) is 11. The van der Waals surface area contributed by atoms with Gasteiger partial charge in [0, 0.05) is 24.7 Å². The molecule has 1 heterocycles. The SMILES string of the molecule is CCCCCCCCCCCCCCOc1cc(CCN(C(C)=O)c2cccc(C[n+]3ccsc3)c2)ccc1Cl.[Br-].